The van der Waals surface area contributed by atoms with Crippen molar-refractivity contribution in [2.24, 2.45) is 5.10 Å². The van der Waals surface area contributed by atoms with Crippen LogP contribution in [0.15, 0.2) is 71.5 Å². The molecular formula is C21H18F3N3O2. The van der Waals surface area contributed by atoms with E-state index in [0.717, 1.165) is 0 Å². The number of nitrogens with one attached hydrogen (secondary N) is 1. The van der Waals surface area contributed by atoms with Gasteiger partial charge in [0.2, 0.25) is 0 Å². The second kappa shape index (κ2) is 7.54. The van der Waals surface area contributed by atoms with E-state index >= 15 is 0 Å². The van der Waals surface area contributed by atoms with Crippen LogP contribution in [0, 0.1) is 0 Å². The number of likely N-dealkylation sites (N-methyl/N-ethyl adjacent to an activating group) is 1. The fourth-order valence-corrected chi connectivity index (χ4v) is 3.45. The molecule has 5 nitrogen and oxygen atoms in total. The highest BCUT2D eigenvalue weighted by atomic mass is 19.4. The van der Waals surface area contributed by atoms with Crippen LogP contribution in [0.2, 0.25) is 0 Å². The van der Waals surface area contributed by atoms with Gasteiger partial charge in [-0.05, 0) is 36.8 Å². The number of hydrogen-bond acceptors (Lipinski definition) is 4. The van der Waals surface area contributed by atoms with Gasteiger partial charge in [0.1, 0.15) is 5.41 Å². The minimum Gasteiger partial charge on any atom is -0.347 e. The number of alkyl halides is 3. The molecule has 0 radical (unpaired) electrons. The number of allylic oxidation sites excluding steroid dienone is 2. The number of rotatable bonds is 4. The lowest BCUT2D eigenvalue weighted by atomic mass is 9.77. The zero-order chi connectivity index (χ0) is 21.2. The summed E-state index contributed by atoms with van der Waals surface area (Å²) in [6.45, 7) is 1.24. The van der Waals surface area contributed by atoms with E-state index in [-0.39, 0.29) is 11.3 Å². The Morgan fingerprint density at radius 2 is 1.69 bits per heavy atom. The molecule has 150 valence electrons. The zero-order valence-corrected chi connectivity index (χ0v) is 15.7. The van der Waals surface area contributed by atoms with Gasteiger partial charge >= 0.3 is 6.18 Å². The molecule has 0 saturated heterocycles. The molecule has 1 amide bonds. The van der Waals surface area contributed by atoms with Crippen molar-refractivity contribution < 1.29 is 22.8 Å². The molecule has 0 aliphatic carbocycles. The summed E-state index contributed by atoms with van der Waals surface area (Å²) in [5.41, 5.74) is 1.65. The first-order chi connectivity index (χ1) is 13.7. The molecule has 1 atom stereocenters. The predicted octanol–water partition coefficient (Wildman–Crippen LogP) is 3.83. The number of fused-ring (bicyclic) bond motifs is 1. The molecule has 1 aliphatic rings. The van der Waals surface area contributed by atoms with Crippen LogP contribution in [-0.2, 0) is 10.2 Å². The Kier molecular flexibility index (Phi) is 5.28. The third-order valence-corrected chi connectivity index (χ3v) is 4.90. The molecule has 3 rings (SSSR count). The first kappa shape index (κ1) is 20.3. The van der Waals surface area contributed by atoms with Crippen LogP contribution in [0.4, 0.5) is 18.9 Å². The van der Waals surface area contributed by atoms with Crippen LogP contribution >= 0.6 is 0 Å². The maximum absolute atomic E-state index is 13.3. The van der Waals surface area contributed by atoms with Gasteiger partial charge in [0.15, 0.2) is 0 Å². The summed E-state index contributed by atoms with van der Waals surface area (Å²) in [6, 6.07) is 14.8. The van der Waals surface area contributed by atoms with Gasteiger partial charge in [0.05, 0.1) is 0 Å². The summed E-state index contributed by atoms with van der Waals surface area (Å²) in [7, 11) is 1.58. The summed E-state index contributed by atoms with van der Waals surface area (Å²) < 4.78 is 40.0. The second-order valence-electron chi connectivity index (χ2n) is 6.67. The number of halogens is 3. The molecule has 0 saturated carbocycles. The molecule has 1 N–H and O–H groups in total. The van der Waals surface area contributed by atoms with Crippen molar-refractivity contribution in [2.75, 3.05) is 11.9 Å². The second-order valence-corrected chi connectivity index (χ2v) is 6.67. The van der Waals surface area contributed by atoms with E-state index in [9.17, 15) is 22.8 Å². The highest BCUT2D eigenvalue weighted by Crippen LogP contribution is 2.49. The SMILES string of the molecule is CN1/C(=C\C=N\NC(=O)c2ccccc2)C(C)(C(=O)C(F)(F)F)c2ccccc21. The number of hydrogen-bond donors (Lipinski definition) is 1. The van der Waals surface area contributed by atoms with Crippen molar-refractivity contribution in [3.63, 3.8) is 0 Å². The molecule has 0 aromatic heterocycles. The van der Waals surface area contributed by atoms with Crippen molar-refractivity contribution in [3.8, 4) is 0 Å². The summed E-state index contributed by atoms with van der Waals surface area (Å²) in [4.78, 5) is 25.8. The molecule has 0 spiro atoms. The minimum atomic E-state index is -5.01. The van der Waals surface area contributed by atoms with E-state index in [2.05, 4.69) is 10.5 Å². The van der Waals surface area contributed by atoms with E-state index in [1.54, 1.807) is 55.6 Å². The summed E-state index contributed by atoms with van der Waals surface area (Å²) in [5, 5.41) is 3.78. The molecule has 29 heavy (non-hydrogen) atoms. The van der Waals surface area contributed by atoms with Gasteiger partial charge in [-0.25, -0.2) is 5.43 Å². The highest BCUT2D eigenvalue weighted by molar-refractivity contribution is 6.03. The number of hydrazone groups is 1. The minimum absolute atomic E-state index is 0.110. The van der Waals surface area contributed by atoms with Crippen LogP contribution in [-0.4, -0.2) is 31.1 Å². The van der Waals surface area contributed by atoms with Gasteiger partial charge in [0.25, 0.3) is 11.7 Å². The summed E-state index contributed by atoms with van der Waals surface area (Å²) >= 11 is 0. The molecular weight excluding hydrogens is 383 g/mol. The first-order valence-electron chi connectivity index (χ1n) is 8.71. The maximum Gasteiger partial charge on any atom is 0.451 e. The predicted molar refractivity (Wildman–Crippen MR) is 104 cm³/mol. The largest absolute Gasteiger partial charge is 0.451 e. The summed E-state index contributed by atoms with van der Waals surface area (Å²) in [6.07, 6.45) is -2.54. The Bertz CT molecular complexity index is 1000. The molecule has 0 fully saturated rings. The lowest BCUT2D eigenvalue weighted by Crippen LogP contribution is -2.43. The average molecular weight is 401 g/mol. The highest BCUT2D eigenvalue weighted by Gasteiger charge is 2.57. The monoisotopic (exact) mass is 401 g/mol. The van der Waals surface area contributed by atoms with Crippen molar-refractivity contribution in [2.45, 2.75) is 18.5 Å². The van der Waals surface area contributed by atoms with Crippen LogP contribution < -0.4 is 10.3 Å². The number of Topliss-reactive ketones (excluding diaryl/α,β-unsaturated/α-hetero) is 1. The number of carbonyl (C=O) groups is 2. The van der Waals surface area contributed by atoms with Crippen LogP contribution in [0.5, 0.6) is 0 Å². The van der Waals surface area contributed by atoms with Crippen LogP contribution in [0.1, 0.15) is 22.8 Å². The Hall–Kier alpha value is -3.42. The maximum atomic E-state index is 13.3. The van der Waals surface area contributed by atoms with Gasteiger partial charge in [-0.2, -0.15) is 18.3 Å². The topological polar surface area (TPSA) is 61.8 Å². The quantitative estimate of drug-likeness (QED) is 0.626. The molecule has 0 bridgehead atoms. The van der Waals surface area contributed by atoms with Crippen molar-refractivity contribution in [1.82, 2.24) is 5.43 Å². The number of nitrogens with zero attached hydrogens (tertiary/aromatic N) is 2. The number of amides is 1. The number of benzene rings is 2. The number of carbonyl (C=O) groups excluding carboxylic acids is 2. The van der Waals surface area contributed by atoms with Gasteiger partial charge in [-0.1, -0.05) is 36.4 Å². The van der Waals surface area contributed by atoms with Crippen LogP contribution in [0.3, 0.4) is 0 Å². The lowest BCUT2D eigenvalue weighted by Gasteiger charge is -2.27. The standard InChI is InChI=1S/C21H18F3N3O2/c1-20(19(29)21(22,23)24)15-10-6-7-11-16(15)27(2)17(20)12-13-25-26-18(28)14-8-4-3-5-9-14/h3-13H,1-2H3,(H,26,28)/b17-12-,25-13+. The fraction of sp³-hybridized carbons (Fsp3) is 0.190. The molecule has 2 aromatic carbocycles. The first-order valence-corrected chi connectivity index (χ1v) is 8.71. The molecule has 2 aromatic rings. The van der Waals surface area contributed by atoms with Gasteiger partial charge in [-0.15, -0.1) is 0 Å². The van der Waals surface area contributed by atoms with Gasteiger partial charge in [0, 0.05) is 30.2 Å². The Balaban J connectivity index is 1.92. The third-order valence-electron chi connectivity index (χ3n) is 4.90. The Morgan fingerprint density at radius 3 is 2.34 bits per heavy atom. The normalized spacial score (nSPS) is 20.2. The number of para-hydroxylation sites is 1. The van der Waals surface area contributed by atoms with Crippen molar-refractivity contribution in [1.29, 1.82) is 0 Å². The van der Waals surface area contributed by atoms with Crippen molar-refractivity contribution >= 4 is 23.6 Å². The van der Waals surface area contributed by atoms with Crippen molar-refractivity contribution in [3.05, 3.63) is 77.5 Å². The fourth-order valence-electron chi connectivity index (χ4n) is 3.45. The molecule has 1 heterocycles. The molecule has 1 unspecified atom stereocenters. The number of ketones is 1. The van der Waals surface area contributed by atoms with Gasteiger partial charge in [-0.3, -0.25) is 9.59 Å². The van der Waals surface area contributed by atoms with E-state index in [4.69, 9.17) is 0 Å². The smallest absolute Gasteiger partial charge is 0.347 e. The summed E-state index contributed by atoms with van der Waals surface area (Å²) in [5.74, 6) is -2.33. The van der Waals surface area contributed by atoms with E-state index in [0.29, 0.717) is 11.3 Å². The van der Waals surface area contributed by atoms with Gasteiger partial charge < -0.3 is 4.90 Å². The third kappa shape index (κ3) is 3.65. The number of anilines is 1. The van der Waals surface area contributed by atoms with E-state index < -0.39 is 23.3 Å². The van der Waals surface area contributed by atoms with Crippen LogP contribution in [0.25, 0.3) is 0 Å². The Morgan fingerprint density at radius 1 is 1.07 bits per heavy atom. The Labute approximate surface area is 165 Å². The average Bonchev–Trinajstić information content (AvgIpc) is 2.93. The lowest BCUT2D eigenvalue weighted by molar-refractivity contribution is -0.175. The van der Waals surface area contributed by atoms with E-state index in [1.807, 2.05) is 0 Å². The molecule has 1 aliphatic heterocycles. The van der Waals surface area contributed by atoms with E-state index in [1.165, 1.54) is 30.2 Å². The zero-order valence-electron chi connectivity index (χ0n) is 15.7. The molecule has 8 heteroatoms.